The molecule has 6 aliphatic heterocycles. The topological polar surface area (TPSA) is 318 Å². The highest BCUT2D eigenvalue weighted by atomic mass is 16.8. The average Bonchev–Trinajstić information content (AvgIpc) is 3.90. The number of rotatable bonds is 12. The van der Waals surface area contributed by atoms with Gasteiger partial charge in [-0.1, -0.05) is 53.2 Å². The minimum absolute atomic E-state index is 0.107. The van der Waals surface area contributed by atoms with Crippen LogP contribution in [0.2, 0.25) is 0 Å². The first kappa shape index (κ1) is 58.2. The van der Waals surface area contributed by atoms with Gasteiger partial charge in [-0.3, -0.25) is 9.59 Å². The molecule has 6 saturated heterocycles. The zero-order valence-electron chi connectivity index (χ0n) is 45.9. The molecule has 438 valence electrons. The predicted molar refractivity (Wildman–Crippen MR) is 263 cm³/mol. The van der Waals surface area contributed by atoms with E-state index in [1.165, 1.54) is 19.6 Å². The fourth-order valence-electron chi connectivity index (χ4n) is 17.2. The van der Waals surface area contributed by atoms with Gasteiger partial charge in [0.25, 0.3) is 0 Å². The summed E-state index contributed by atoms with van der Waals surface area (Å²) in [5.41, 5.74) is -2.29. The molecule has 10 aliphatic rings. The number of carbonyl (C=O) groups is 2. The first-order valence-electron chi connectivity index (χ1n) is 28.1. The van der Waals surface area contributed by atoms with Gasteiger partial charge in [0.2, 0.25) is 0 Å². The quantitative estimate of drug-likeness (QED) is 0.0956. The first-order chi connectivity index (χ1) is 36.2. The van der Waals surface area contributed by atoms with Gasteiger partial charge in [-0.25, -0.2) is 0 Å². The number of esters is 2. The molecule has 27 atom stereocenters. The lowest BCUT2D eigenvalue weighted by atomic mass is 9.39. The molecule has 0 bridgehead atoms. The largest absolute Gasteiger partial charge is 0.462 e. The summed E-state index contributed by atoms with van der Waals surface area (Å²) in [5, 5.41) is 98.7. The van der Waals surface area contributed by atoms with Crippen LogP contribution in [0.25, 0.3) is 0 Å². The Labute approximate surface area is 449 Å². The lowest BCUT2D eigenvalue weighted by Crippen LogP contribution is -2.65. The lowest BCUT2D eigenvalue weighted by Gasteiger charge is -2.64. The molecule has 2 spiro atoms. The Kier molecular flexibility index (Phi) is 15.9. The van der Waals surface area contributed by atoms with Gasteiger partial charge >= 0.3 is 11.9 Å². The number of ether oxygens (including phenoxy) is 11. The number of methoxy groups -OCH3 is 1. The van der Waals surface area contributed by atoms with Gasteiger partial charge in [-0.2, -0.15) is 0 Å². The highest BCUT2D eigenvalue weighted by Gasteiger charge is 2.84. The van der Waals surface area contributed by atoms with Crippen LogP contribution < -0.4 is 0 Å². The second-order valence-electron chi connectivity index (χ2n) is 26.0. The van der Waals surface area contributed by atoms with Crippen LogP contribution in [-0.4, -0.2) is 213 Å². The second-order valence-corrected chi connectivity index (χ2v) is 26.0. The number of allylic oxidation sites excluding steroid dienone is 2. The predicted octanol–water partition coefficient (Wildman–Crippen LogP) is 0.627. The molecular weight excluding hydrogens is 1010 g/mol. The SMILES string of the molecule is COC1C(O)C(CO)OC(OC2C(O)COC(OC3C(C)OC(OC4C(OC5CC[C@]6(C)[C@H]7CC[C@]89C(=O)O[C@@]%10(C)C[C@H](CC(C)C)OC(=O)C[C@]8%10CC[C@@]9(C)C7=CC[C@H]6C5(C)C)OCC(O)C4O)C(O)C3O)C2O)C1O. The molecule has 4 aliphatic carbocycles. The molecule has 0 aromatic carbocycles. The van der Waals surface area contributed by atoms with Crippen molar-refractivity contribution in [1.29, 1.82) is 0 Å². The monoisotopic (exact) mass is 1100 g/mol. The van der Waals surface area contributed by atoms with Crippen LogP contribution in [0.4, 0.5) is 0 Å². The van der Waals surface area contributed by atoms with E-state index in [2.05, 4.69) is 54.5 Å². The van der Waals surface area contributed by atoms with Crippen molar-refractivity contribution in [1.82, 2.24) is 0 Å². The van der Waals surface area contributed by atoms with E-state index in [1.54, 1.807) is 0 Å². The molecular formula is C55H86O22. The van der Waals surface area contributed by atoms with E-state index in [0.29, 0.717) is 44.4 Å². The van der Waals surface area contributed by atoms with E-state index >= 15 is 0 Å². The minimum Gasteiger partial charge on any atom is -0.462 e. The van der Waals surface area contributed by atoms with Crippen molar-refractivity contribution in [2.24, 2.45) is 44.8 Å². The number of aliphatic hydroxyl groups is 9. The van der Waals surface area contributed by atoms with Crippen LogP contribution in [0, 0.1) is 44.8 Å². The highest BCUT2D eigenvalue weighted by molar-refractivity contribution is 5.87. The van der Waals surface area contributed by atoms with Crippen LogP contribution >= 0.6 is 0 Å². The summed E-state index contributed by atoms with van der Waals surface area (Å²) in [6.45, 7) is 15.4. The van der Waals surface area contributed by atoms with Gasteiger partial charge in [-0.15, -0.1) is 0 Å². The van der Waals surface area contributed by atoms with Gasteiger partial charge in [0.15, 0.2) is 25.2 Å². The zero-order valence-corrected chi connectivity index (χ0v) is 45.9. The van der Waals surface area contributed by atoms with Gasteiger partial charge in [-0.05, 0) is 93.8 Å². The summed E-state index contributed by atoms with van der Waals surface area (Å²) in [4.78, 5) is 28.6. The summed E-state index contributed by atoms with van der Waals surface area (Å²) < 4.78 is 66.1. The van der Waals surface area contributed by atoms with Crippen LogP contribution in [0.3, 0.4) is 0 Å². The van der Waals surface area contributed by atoms with Crippen molar-refractivity contribution in [2.45, 2.75) is 248 Å². The maximum Gasteiger partial charge on any atom is 0.314 e. The zero-order chi connectivity index (χ0) is 55.7. The summed E-state index contributed by atoms with van der Waals surface area (Å²) in [5.74, 6) is 0.158. The number of fused-ring (bicyclic) bond motifs is 4. The molecule has 0 amide bonds. The normalized spacial score (nSPS) is 53.5. The van der Waals surface area contributed by atoms with Crippen molar-refractivity contribution in [2.75, 3.05) is 26.9 Å². The molecule has 10 rings (SSSR count). The Morgan fingerprint density at radius 1 is 0.701 bits per heavy atom. The van der Waals surface area contributed by atoms with Gasteiger partial charge < -0.3 is 98.1 Å². The Balaban J connectivity index is 0.813. The number of carbonyl (C=O) groups excluding carboxylic acids is 2. The maximum atomic E-state index is 14.8. The van der Waals surface area contributed by atoms with E-state index in [-0.39, 0.29) is 48.3 Å². The minimum atomic E-state index is -1.83. The average molecular weight is 1100 g/mol. The Hall–Kier alpha value is -2.04. The summed E-state index contributed by atoms with van der Waals surface area (Å²) in [6.07, 6.45) is -18.8. The van der Waals surface area contributed by atoms with E-state index < -0.39 is 157 Å². The van der Waals surface area contributed by atoms with Gasteiger partial charge in [0, 0.05) is 24.4 Å². The molecule has 0 radical (unpaired) electrons. The smallest absolute Gasteiger partial charge is 0.314 e. The van der Waals surface area contributed by atoms with Crippen LogP contribution in [0.1, 0.15) is 120 Å². The van der Waals surface area contributed by atoms with E-state index in [1.807, 2.05) is 0 Å². The summed E-state index contributed by atoms with van der Waals surface area (Å²) in [7, 11) is 1.23. The molecule has 77 heavy (non-hydrogen) atoms. The molecule has 9 fully saturated rings. The number of aliphatic hydroxyl groups excluding tert-OH is 9. The van der Waals surface area contributed by atoms with Crippen molar-refractivity contribution < 1.29 is 108 Å². The molecule has 22 heteroatoms. The number of hydrogen-bond donors (Lipinski definition) is 9. The Morgan fingerprint density at radius 3 is 2.06 bits per heavy atom. The first-order valence-corrected chi connectivity index (χ1v) is 28.1. The third-order valence-electron chi connectivity index (χ3n) is 21.1. The van der Waals surface area contributed by atoms with Crippen LogP contribution in [0.5, 0.6) is 0 Å². The summed E-state index contributed by atoms with van der Waals surface area (Å²) >= 11 is 0. The van der Waals surface area contributed by atoms with Crippen molar-refractivity contribution in [3.05, 3.63) is 11.6 Å². The fourth-order valence-corrected chi connectivity index (χ4v) is 17.2. The Bertz CT molecular complexity index is 2200. The van der Waals surface area contributed by atoms with Gasteiger partial charge in [0.1, 0.15) is 91.1 Å². The fraction of sp³-hybridized carbons (Fsp3) is 0.927. The van der Waals surface area contributed by atoms with E-state index in [0.717, 1.165) is 19.3 Å². The molecule has 22 nitrogen and oxygen atoms in total. The molecule has 19 unspecified atom stereocenters. The van der Waals surface area contributed by atoms with Crippen LogP contribution in [0.15, 0.2) is 11.6 Å². The summed E-state index contributed by atoms with van der Waals surface area (Å²) in [6, 6.07) is 0. The van der Waals surface area contributed by atoms with Crippen molar-refractivity contribution in [3.8, 4) is 0 Å². The number of hydrogen-bond acceptors (Lipinski definition) is 22. The van der Waals surface area contributed by atoms with Crippen LogP contribution in [-0.2, 0) is 61.7 Å². The van der Waals surface area contributed by atoms with Gasteiger partial charge in [0.05, 0.1) is 43.9 Å². The van der Waals surface area contributed by atoms with E-state index in [9.17, 15) is 55.5 Å². The van der Waals surface area contributed by atoms with Crippen molar-refractivity contribution in [3.63, 3.8) is 0 Å². The third kappa shape index (κ3) is 9.03. The van der Waals surface area contributed by atoms with E-state index in [4.69, 9.17) is 52.1 Å². The molecule has 6 heterocycles. The second kappa shape index (κ2) is 21.0. The number of cyclic esters (lactones) is 1. The van der Waals surface area contributed by atoms with Crippen molar-refractivity contribution >= 4 is 11.9 Å². The molecule has 0 aromatic rings. The Morgan fingerprint density at radius 2 is 1.36 bits per heavy atom. The lowest BCUT2D eigenvalue weighted by molar-refractivity contribution is -0.382. The molecule has 0 aromatic heterocycles. The standard InChI is InChI=1S/C55H86O22/c1-24(2)18-26-19-53(8)54(20-34(59)71-26)17-16-52(7)28-10-11-32-50(4,5)33(13-14-51(32,6)27(28)12-15-55(52,54)49(66)77-53)73-48-44(35(60)29(57)22-69-48)76-46-38(63)37(62)41(25(3)70-46)74-45-39(64)42(30(58)23-68-45)75-47-40(65)43(67-9)36(61)31(21-56)72-47/h10,24-27,29-33,35-48,56-58,60-65H,11-23H2,1-9H3/t25?,26-,27-,29?,30?,31?,32-,33?,35?,36?,37?,38?,39?,40?,41?,42?,43?,44?,45?,46?,47?,48?,51+,52-,53-,54-,55+/m0/s1. The molecule has 9 N–H and O–H groups in total. The third-order valence-corrected chi connectivity index (χ3v) is 21.1. The molecule has 3 saturated carbocycles. The highest BCUT2D eigenvalue weighted by Crippen LogP contribution is 2.81. The maximum absolute atomic E-state index is 14.8.